The van der Waals surface area contributed by atoms with Crippen molar-refractivity contribution < 1.29 is 28.7 Å². The van der Waals surface area contributed by atoms with Gasteiger partial charge < -0.3 is 9.47 Å². The fraction of sp³-hybridized carbons (Fsp3) is 0.167. The Morgan fingerprint density at radius 2 is 1.44 bits per heavy atom. The first-order valence-corrected chi connectivity index (χ1v) is 9.76. The van der Waals surface area contributed by atoms with Crippen LogP contribution in [0.2, 0.25) is 0 Å². The molecular formula is C24H22N2O6. The predicted octanol–water partition coefficient (Wildman–Crippen LogP) is 3.32. The molecule has 8 heteroatoms. The van der Waals surface area contributed by atoms with E-state index in [9.17, 15) is 19.2 Å². The monoisotopic (exact) mass is 434 g/mol. The molecular weight excluding hydrogens is 412 g/mol. The summed E-state index contributed by atoms with van der Waals surface area (Å²) in [5, 5.41) is 0. The average Bonchev–Trinajstić information content (AvgIpc) is 3.10. The van der Waals surface area contributed by atoms with Crippen LogP contribution in [0.5, 0.6) is 0 Å². The van der Waals surface area contributed by atoms with Gasteiger partial charge in [0.1, 0.15) is 0 Å². The highest BCUT2D eigenvalue weighted by Gasteiger charge is 2.22. The Hall–Kier alpha value is -4.20. The first-order valence-electron chi connectivity index (χ1n) is 9.76. The lowest BCUT2D eigenvalue weighted by molar-refractivity contribution is 0.0463. The molecule has 0 spiro atoms. The summed E-state index contributed by atoms with van der Waals surface area (Å²) < 4.78 is 11.3. The summed E-state index contributed by atoms with van der Waals surface area (Å²) in [6.45, 7) is 2.90. The number of benzene rings is 2. The number of Topliss-reactive ketones (excluding diaryl/α,β-unsaturated/α-hetero) is 1. The maximum Gasteiger partial charge on any atom is 0.339 e. The first kappa shape index (κ1) is 22.5. The maximum atomic E-state index is 12.7. The van der Waals surface area contributed by atoms with Crippen LogP contribution in [0.1, 0.15) is 52.8 Å². The number of nitrogens with one attached hydrogen (secondary N) is 1. The SMILES string of the molecule is COC(=O)c1ccccc1C(=O)OCC(=O)c1cc(C)n(NC(=O)c2ccccc2)c1C. The molecule has 1 amide bonds. The molecule has 1 aromatic heterocycles. The van der Waals surface area contributed by atoms with E-state index in [4.69, 9.17) is 4.74 Å². The van der Waals surface area contributed by atoms with Crippen molar-refractivity contribution in [1.29, 1.82) is 0 Å². The lowest BCUT2D eigenvalue weighted by Gasteiger charge is -2.12. The van der Waals surface area contributed by atoms with Crippen LogP contribution < -0.4 is 5.43 Å². The molecule has 0 atom stereocenters. The molecule has 3 rings (SSSR count). The number of nitrogens with zero attached hydrogens (tertiary/aromatic N) is 1. The molecule has 0 aliphatic heterocycles. The van der Waals surface area contributed by atoms with E-state index < -0.39 is 24.3 Å². The molecule has 32 heavy (non-hydrogen) atoms. The summed E-state index contributed by atoms with van der Waals surface area (Å²) in [6, 6.07) is 16.3. The van der Waals surface area contributed by atoms with Crippen molar-refractivity contribution in [3.63, 3.8) is 0 Å². The molecule has 0 saturated carbocycles. The highest BCUT2D eigenvalue weighted by molar-refractivity contribution is 6.05. The Balaban J connectivity index is 1.72. The fourth-order valence-electron chi connectivity index (χ4n) is 3.21. The standard InChI is InChI=1S/C24H22N2O6/c1-15-13-20(16(2)26(15)25-22(28)17-9-5-4-6-10-17)21(27)14-32-24(30)19-12-8-7-11-18(19)23(29)31-3/h4-13H,14H2,1-3H3,(H,25,28). The molecule has 0 saturated heterocycles. The smallest absolute Gasteiger partial charge is 0.339 e. The van der Waals surface area contributed by atoms with Gasteiger partial charge in [0.05, 0.1) is 18.2 Å². The van der Waals surface area contributed by atoms with Gasteiger partial charge in [-0.15, -0.1) is 0 Å². The molecule has 0 fully saturated rings. The number of aromatic nitrogens is 1. The molecule has 3 aromatic rings. The molecule has 1 N–H and O–H groups in total. The summed E-state index contributed by atoms with van der Waals surface area (Å²) in [7, 11) is 1.21. The number of esters is 2. The van der Waals surface area contributed by atoms with E-state index >= 15 is 0 Å². The van der Waals surface area contributed by atoms with Crippen LogP contribution in [0.15, 0.2) is 60.7 Å². The number of ketones is 1. The first-order chi connectivity index (χ1) is 15.3. The van der Waals surface area contributed by atoms with E-state index in [0.717, 1.165) is 0 Å². The summed E-state index contributed by atoms with van der Waals surface area (Å²) >= 11 is 0. The summed E-state index contributed by atoms with van der Waals surface area (Å²) in [5.41, 5.74) is 4.74. The topological polar surface area (TPSA) is 104 Å². The minimum Gasteiger partial charge on any atom is -0.465 e. The molecule has 1 heterocycles. The number of rotatable bonds is 7. The van der Waals surface area contributed by atoms with Crippen LogP contribution in [0.4, 0.5) is 0 Å². The lowest BCUT2D eigenvalue weighted by atomic mass is 10.1. The third kappa shape index (κ3) is 4.75. The van der Waals surface area contributed by atoms with Gasteiger partial charge in [-0.3, -0.25) is 19.7 Å². The average molecular weight is 434 g/mol. The molecule has 0 radical (unpaired) electrons. The Labute approximate surface area is 184 Å². The third-order valence-electron chi connectivity index (χ3n) is 4.87. The van der Waals surface area contributed by atoms with Crippen molar-refractivity contribution in [2.75, 3.05) is 19.1 Å². The number of hydrogen-bond acceptors (Lipinski definition) is 6. The number of methoxy groups -OCH3 is 1. The zero-order valence-corrected chi connectivity index (χ0v) is 17.9. The normalized spacial score (nSPS) is 10.3. The van der Waals surface area contributed by atoms with Gasteiger partial charge in [-0.2, -0.15) is 0 Å². The minimum absolute atomic E-state index is 0.00717. The van der Waals surface area contributed by atoms with E-state index in [0.29, 0.717) is 22.5 Å². The Kier molecular flexibility index (Phi) is 6.84. The van der Waals surface area contributed by atoms with Gasteiger partial charge in [0, 0.05) is 22.5 Å². The third-order valence-corrected chi connectivity index (χ3v) is 4.87. The van der Waals surface area contributed by atoms with Crippen molar-refractivity contribution in [2.24, 2.45) is 0 Å². The second-order valence-electron chi connectivity index (χ2n) is 6.96. The largest absolute Gasteiger partial charge is 0.465 e. The van der Waals surface area contributed by atoms with Crippen molar-refractivity contribution in [3.8, 4) is 0 Å². The van der Waals surface area contributed by atoms with Crippen LogP contribution in [-0.2, 0) is 9.47 Å². The highest BCUT2D eigenvalue weighted by atomic mass is 16.5. The van der Waals surface area contributed by atoms with Crippen LogP contribution in [0, 0.1) is 13.8 Å². The second kappa shape index (κ2) is 9.74. The van der Waals surface area contributed by atoms with Gasteiger partial charge in [-0.1, -0.05) is 30.3 Å². The number of hydrogen-bond donors (Lipinski definition) is 1. The second-order valence-corrected chi connectivity index (χ2v) is 6.96. The molecule has 0 unspecified atom stereocenters. The van der Waals surface area contributed by atoms with Gasteiger partial charge in [0.25, 0.3) is 5.91 Å². The van der Waals surface area contributed by atoms with Crippen molar-refractivity contribution in [1.82, 2.24) is 4.68 Å². The van der Waals surface area contributed by atoms with Crippen LogP contribution in [0.3, 0.4) is 0 Å². The van der Waals surface area contributed by atoms with E-state index in [1.54, 1.807) is 56.3 Å². The van der Waals surface area contributed by atoms with Crippen molar-refractivity contribution in [3.05, 3.63) is 94.3 Å². The molecule has 8 nitrogen and oxygen atoms in total. The molecule has 0 aliphatic carbocycles. The molecule has 0 bridgehead atoms. The zero-order valence-electron chi connectivity index (χ0n) is 17.9. The van der Waals surface area contributed by atoms with Crippen LogP contribution in [-0.4, -0.2) is 42.0 Å². The van der Waals surface area contributed by atoms with Gasteiger partial charge >= 0.3 is 11.9 Å². The number of carbonyl (C=O) groups is 4. The quantitative estimate of drug-likeness (QED) is 0.452. The summed E-state index contributed by atoms with van der Waals surface area (Å²) in [5.74, 6) is -2.26. The van der Waals surface area contributed by atoms with Gasteiger partial charge in [0.15, 0.2) is 6.61 Å². The zero-order chi connectivity index (χ0) is 23.3. The van der Waals surface area contributed by atoms with Gasteiger partial charge in [-0.05, 0) is 44.2 Å². The number of carbonyl (C=O) groups excluding carboxylic acids is 4. The van der Waals surface area contributed by atoms with E-state index in [2.05, 4.69) is 10.2 Å². The number of amides is 1. The summed E-state index contributed by atoms with van der Waals surface area (Å²) in [6.07, 6.45) is 0. The van der Waals surface area contributed by atoms with Crippen LogP contribution in [0.25, 0.3) is 0 Å². The Morgan fingerprint density at radius 1 is 0.844 bits per heavy atom. The Bertz CT molecular complexity index is 1180. The highest BCUT2D eigenvalue weighted by Crippen LogP contribution is 2.16. The molecule has 164 valence electrons. The fourth-order valence-corrected chi connectivity index (χ4v) is 3.21. The van der Waals surface area contributed by atoms with Gasteiger partial charge in [-0.25, -0.2) is 9.59 Å². The maximum absolute atomic E-state index is 12.7. The summed E-state index contributed by atoms with van der Waals surface area (Å²) in [4.78, 5) is 49.4. The van der Waals surface area contributed by atoms with Gasteiger partial charge in [0.2, 0.25) is 5.78 Å². The number of aryl methyl sites for hydroxylation is 1. The van der Waals surface area contributed by atoms with E-state index in [1.807, 2.05) is 6.07 Å². The Morgan fingerprint density at radius 3 is 2.06 bits per heavy atom. The minimum atomic E-state index is -0.814. The molecule has 2 aromatic carbocycles. The predicted molar refractivity (Wildman–Crippen MR) is 116 cm³/mol. The van der Waals surface area contributed by atoms with Crippen molar-refractivity contribution in [2.45, 2.75) is 13.8 Å². The lowest BCUT2D eigenvalue weighted by Crippen LogP contribution is -2.25. The van der Waals surface area contributed by atoms with Crippen molar-refractivity contribution >= 4 is 23.6 Å². The number of ether oxygens (including phenoxy) is 2. The van der Waals surface area contributed by atoms with E-state index in [1.165, 1.54) is 23.9 Å². The van der Waals surface area contributed by atoms with Crippen LogP contribution >= 0.6 is 0 Å². The van der Waals surface area contributed by atoms with E-state index in [-0.39, 0.29) is 17.0 Å². The molecule has 0 aliphatic rings.